The van der Waals surface area contributed by atoms with E-state index in [0.717, 1.165) is 50.5 Å². The summed E-state index contributed by atoms with van der Waals surface area (Å²) in [5.41, 5.74) is 0. The van der Waals surface area contributed by atoms with Crippen LogP contribution in [0.5, 0.6) is 0 Å². The number of hydrogen-bond acceptors (Lipinski definition) is 7. The molecule has 27 heavy (non-hydrogen) atoms. The number of nitrogens with one attached hydrogen (secondary N) is 1. The van der Waals surface area contributed by atoms with Crippen LogP contribution in [0.15, 0.2) is 21.1 Å². The van der Waals surface area contributed by atoms with Crippen molar-refractivity contribution >= 4 is 5.91 Å². The van der Waals surface area contributed by atoms with Gasteiger partial charge in [-0.3, -0.25) is 9.69 Å². The summed E-state index contributed by atoms with van der Waals surface area (Å²) in [6, 6.07) is 3.80. The number of aromatic nitrogens is 2. The highest BCUT2D eigenvalue weighted by atomic mass is 16.5. The van der Waals surface area contributed by atoms with E-state index in [1.165, 1.54) is 0 Å². The van der Waals surface area contributed by atoms with Crippen LogP contribution in [0.1, 0.15) is 59.8 Å². The maximum Gasteiger partial charge on any atom is 0.289 e. The second kappa shape index (κ2) is 7.82. The Labute approximate surface area is 158 Å². The van der Waals surface area contributed by atoms with Crippen molar-refractivity contribution in [2.24, 2.45) is 0 Å². The van der Waals surface area contributed by atoms with Crippen molar-refractivity contribution in [3.63, 3.8) is 0 Å². The van der Waals surface area contributed by atoms with Gasteiger partial charge in [0.2, 0.25) is 5.89 Å². The second-order valence-corrected chi connectivity index (χ2v) is 7.38. The molecule has 2 aliphatic heterocycles. The van der Waals surface area contributed by atoms with Crippen LogP contribution in [0, 0.1) is 0 Å². The number of amides is 1. The van der Waals surface area contributed by atoms with Gasteiger partial charge in [0, 0.05) is 45.1 Å². The summed E-state index contributed by atoms with van der Waals surface area (Å²) >= 11 is 0. The van der Waals surface area contributed by atoms with Crippen LogP contribution in [0.2, 0.25) is 0 Å². The highest BCUT2D eigenvalue weighted by molar-refractivity contribution is 5.91. The number of carbonyl (C=O) groups excluding carboxylic acids is 1. The van der Waals surface area contributed by atoms with Gasteiger partial charge in [-0.2, -0.15) is 4.98 Å². The maximum atomic E-state index is 12.6. The molecule has 8 nitrogen and oxygen atoms in total. The lowest BCUT2D eigenvalue weighted by Crippen LogP contribution is -2.44. The maximum absolute atomic E-state index is 12.6. The first-order valence-electron chi connectivity index (χ1n) is 9.78. The lowest BCUT2D eigenvalue weighted by Gasteiger charge is -2.31. The van der Waals surface area contributed by atoms with Crippen LogP contribution in [-0.4, -0.2) is 65.6 Å². The molecule has 0 aromatic carbocycles. The van der Waals surface area contributed by atoms with Gasteiger partial charge < -0.3 is 19.2 Å². The molecular weight excluding hydrogens is 346 g/mol. The number of likely N-dealkylation sites (tertiary alicyclic amines) is 1. The summed E-state index contributed by atoms with van der Waals surface area (Å²) in [6.07, 6.45) is 2.45. The number of piperidine rings is 1. The van der Waals surface area contributed by atoms with E-state index in [2.05, 4.69) is 27.4 Å². The zero-order valence-electron chi connectivity index (χ0n) is 16.0. The predicted octanol–water partition coefficient (Wildman–Crippen LogP) is 1.82. The summed E-state index contributed by atoms with van der Waals surface area (Å²) in [6.45, 7) is 6.16. The number of rotatable bonds is 4. The molecule has 0 saturated carbocycles. The molecular formula is C19H27N5O3. The Morgan fingerprint density at radius 1 is 1.30 bits per heavy atom. The van der Waals surface area contributed by atoms with Gasteiger partial charge in [-0.15, -0.1) is 0 Å². The summed E-state index contributed by atoms with van der Waals surface area (Å²) < 4.78 is 11.2. The van der Waals surface area contributed by atoms with E-state index in [1.807, 2.05) is 17.9 Å². The average molecular weight is 373 g/mol. The van der Waals surface area contributed by atoms with Gasteiger partial charge in [0.15, 0.2) is 11.6 Å². The summed E-state index contributed by atoms with van der Waals surface area (Å²) in [5.74, 6) is 2.89. The molecule has 1 N–H and O–H groups in total. The molecule has 8 heteroatoms. The third-order valence-electron chi connectivity index (χ3n) is 5.62. The monoisotopic (exact) mass is 373 g/mol. The van der Waals surface area contributed by atoms with Crippen LogP contribution in [0.3, 0.4) is 0 Å². The Bertz CT molecular complexity index is 778. The van der Waals surface area contributed by atoms with Crippen molar-refractivity contribution in [3.8, 4) is 0 Å². The number of hydrogen-bond donors (Lipinski definition) is 1. The quantitative estimate of drug-likeness (QED) is 0.874. The number of likely N-dealkylation sites (N-methyl/N-ethyl adjacent to an activating group) is 1. The molecule has 146 valence electrons. The fraction of sp³-hybridized carbons (Fsp3) is 0.632. The van der Waals surface area contributed by atoms with Crippen LogP contribution in [-0.2, 0) is 6.42 Å². The van der Waals surface area contributed by atoms with E-state index in [1.54, 1.807) is 6.07 Å². The Hall–Kier alpha value is -2.19. The average Bonchev–Trinajstić information content (AvgIpc) is 3.38. The lowest BCUT2D eigenvalue weighted by molar-refractivity contribution is 0.0670. The molecule has 2 saturated heterocycles. The molecule has 4 heterocycles. The third kappa shape index (κ3) is 3.77. The van der Waals surface area contributed by atoms with Gasteiger partial charge in [-0.05, 0) is 32.0 Å². The predicted molar refractivity (Wildman–Crippen MR) is 98.5 cm³/mol. The Morgan fingerprint density at radius 2 is 2.11 bits per heavy atom. The van der Waals surface area contributed by atoms with Gasteiger partial charge >= 0.3 is 0 Å². The van der Waals surface area contributed by atoms with Crippen LogP contribution in [0.4, 0.5) is 0 Å². The highest BCUT2D eigenvalue weighted by Gasteiger charge is 2.31. The fourth-order valence-electron chi connectivity index (χ4n) is 3.81. The molecule has 0 aliphatic carbocycles. The lowest BCUT2D eigenvalue weighted by atomic mass is 9.96. The van der Waals surface area contributed by atoms with Gasteiger partial charge in [-0.1, -0.05) is 12.1 Å². The van der Waals surface area contributed by atoms with Gasteiger partial charge in [0.05, 0.1) is 6.04 Å². The van der Waals surface area contributed by atoms with Crippen LogP contribution in [0.25, 0.3) is 0 Å². The van der Waals surface area contributed by atoms with E-state index >= 15 is 0 Å². The molecule has 2 fully saturated rings. The van der Waals surface area contributed by atoms with Crippen molar-refractivity contribution < 1.29 is 13.7 Å². The van der Waals surface area contributed by atoms with Crippen LogP contribution < -0.4 is 5.32 Å². The van der Waals surface area contributed by atoms with E-state index in [9.17, 15) is 4.79 Å². The molecule has 0 bridgehead atoms. The normalized spacial score (nSPS) is 22.3. The van der Waals surface area contributed by atoms with Gasteiger partial charge in [-0.25, -0.2) is 0 Å². The largest absolute Gasteiger partial charge is 0.456 e. The van der Waals surface area contributed by atoms with E-state index in [4.69, 9.17) is 8.94 Å². The first-order valence-corrected chi connectivity index (χ1v) is 9.78. The smallest absolute Gasteiger partial charge is 0.289 e. The zero-order chi connectivity index (χ0) is 18.8. The minimum atomic E-state index is -0.0331. The molecule has 0 spiro atoms. The molecule has 2 aromatic heterocycles. The van der Waals surface area contributed by atoms with Crippen LogP contribution >= 0.6 is 0 Å². The number of furan rings is 1. The van der Waals surface area contributed by atoms with Crippen molar-refractivity contribution in [2.45, 2.75) is 38.1 Å². The molecule has 1 unspecified atom stereocenters. The van der Waals surface area contributed by atoms with Gasteiger partial charge in [0.1, 0.15) is 5.76 Å². The van der Waals surface area contributed by atoms with Crippen molar-refractivity contribution in [1.82, 2.24) is 25.3 Å². The minimum absolute atomic E-state index is 0.0331. The Kier molecular flexibility index (Phi) is 5.27. The molecule has 2 aromatic rings. The number of nitrogens with zero attached hydrogens (tertiary/aromatic N) is 4. The third-order valence-corrected chi connectivity index (χ3v) is 5.62. The topological polar surface area (TPSA) is 87.6 Å². The van der Waals surface area contributed by atoms with Crippen molar-refractivity contribution in [2.75, 3.05) is 39.8 Å². The molecule has 1 atom stereocenters. The van der Waals surface area contributed by atoms with Gasteiger partial charge in [0.25, 0.3) is 5.91 Å². The first-order chi connectivity index (χ1) is 13.2. The Morgan fingerprint density at radius 3 is 2.81 bits per heavy atom. The summed E-state index contributed by atoms with van der Waals surface area (Å²) in [7, 11) is 2.09. The number of carbonyl (C=O) groups is 1. The van der Waals surface area contributed by atoms with E-state index in [-0.39, 0.29) is 17.9 Å². The zero-order valence-corrected chi connectivity index (χ0v) is 16.0. The fourth-order valence-corrected chi connectivity index (χ4v) is 3.81. The molecule has 1 amide bonds. The standard InChI is InChI=1S/C19H27N5O3/c1-3-14-4-5-16(26-14)19(25)24-9-6-13(7-10-24)18-21-17(22-27-18)15-12-20-8-11-23(15)2/h4-5,13,15,20H,3,6-12H2,1-2H3. The first kappa shape index (κ1) is 18.2. The summed E-state index contributed by atoms with van der Waals surface area (Å²) in [4.78, 5) is 21.4. The SMILES string of the molecule is CCc1ccc(C(=O)N2CCC(c3nc(C4CNCCN4C)no3)CC2)o1. The molecule has 0 radical (unpaired) electrons. The number of piperazine rings is 1. The second-order valence-electron chi connectivity index (χ2n) is 7.38. The summed E-state index contributed by atoms with van der Waals surface area (Å²) in [5, 5.41) is 7.59. The van der Waals surface area contributed by atoms with Crippen molar-refractivity contribution in [1.29, 1.82) is 0 Å². The van der Waals surface area contributed by atoms with Crippen molar-refractivity contribution in [3.05, 3.63) is 35.4 Å². The molecule has 4 rings (SSSR count). The molecule has 2 aliphatic rings. The van der Waals surface area contributed by atoms with E-state index < -0.39 is 0 Å². The number of aryl methyl sites for hydroxylation is 1. The highest BCUT2D eigenvalue weighted by Crippen LogP contribution is 2.29. The minimum Gasteiger partial charge on any atom is -0.456 e. The van der Waals surface area contributed by atoms with E-state index in [0.29, 0.717) is 24.7 Å². The Balaban J connectivity index is 1.36.